The fourth-order valence-electron chi connectivity index (χ4n) is 5.86. The molecular weight excluding hydrogens is 544 g/mol. The summed E-state index contributed by atoms with van der Waals surface area (Å²) < 4.78 is 1.84. The summed E-state index contributed by atoms with van der Waals surface area (Å²) in [5, 5.41) is 0.626. The molecule has 1 amide bonds. The highest BCUT2D eigenvalue weighted by molar-refractivity contribution is 6.30. The van der Waals surface area contributed by atoms with Crippen molar-refractivity contribution in [1.29, 1.82) is 0 Å². The number of nitrogens with zero attached hydrogens (tertiary/aromatic N) is 4. The maximum Gasteiger partial charge on any atom is 0.264 e. The number of carbonyl (C=O) groups excluding carboxylic acids is 1. The maximum absolute atomic E-state index is 14.7. The van der Waals surface area contributed by atoms with Crippen molar-refractivity contribution in [2.24, 2.45) is 5.92 Å². The van der Waals surface area contributed by atoms with Crippen LogP contribution in [0.2, 0.25) is 5.02 Å². The first-order valence-corrected chi connectivity index (χ1v) is 15.5. The molecule has 5 rings (SSSR count). The molecule has 218 valence electrons. The summed E-state index contributed by atoms with van der Waals surface area (Å²) in [5.41, 5.74) is 5.93. The zero-order valence-electron chi connectivity index (χ0n) is 25.0. The number of amides is 1. The van der Waals surface area contributed by atoms with Crippen molar-refractivity contribution in [3.05, 3.63) is 98.6 Å². The lowest BCUT2D eigenvalue weighted by atomic mass is 9.96. The van der Waals surface area contributed by atoms with Gasteiger partial charge in [-0.25, -0.2) is 9.97 Å². The summed E-state index contributed by atoms with van der Waals surface area (Å²) in [4.78, 5) is 40.3. The molecule has 4 aromatic rings. The molecule has 1 fully saturated rings. The van der Waals surface area contributed by atoms with Crippen molar-refractivity contribution in [3.8, 4) is 28.3 Å². The predicted molar refractivity (Wildman–Crippen MR) is 171 cm³/mol. The number of hydrogen-bond acceptors (Lipinski definition) is 4. The molecule has 6 nitrogen and oxygen atoms in total. The van der Waals surface area contributed by atoms with Crippen LogP contribution in [0.3, 0.4) is 0 Å². The number of para-hydroxylation sites is 1. The van der Waals surface area contributed by atoms with Gasteiger partial charge in [0.1, 0.15) is 0 Å². The molecule has 0 radical (unpaired) electrons. The van der Waals surface area contributed by atoms with Crippen molar-refractivity contribution in [1.82, 2.24) is 19.4 Å². The number of halogens is 1. The van der Waals surface area contributed by atoms with Crippen LogP contribution in [0, 0.1) is 5.92 Å². The summed E-state index contributed by atoms with van der Waals surface area (Å²) >= 11 is 6.11. The largest absolute Gasteiger partial charge is 0.339 e. The van der Waals surface area contributed by atoms with Crippen LogP contribution < -0.4 is 5.56 Å². The zero-order chi connectivity index (χ0) is 29.8. The standard InChI is InChI=1S/C35H39ClN4O2/c1-5-24-11-10-12-25(6-2)32(24)40-31(21-23(3)4)29(34(41)39-19-8-7-9-20-39)22-28(35(40)42)30-17-18-37-33(38-30)26-13-15-27(36)16-14-26/h10-18,22-23H,5-9,19-21H2,1-4H3. The molecule has 0 aliphatic carbocycles. The minimum Gasteiger partial charge on any atom is -0.339 e. The number of pyridine rings is 1. The smallest absolute Gasteiger partial charge is 0.264 e. The number of carbonyl (C=O) groups is 1. The lowest BCUT2D eigenvalue weighted by Crippen LogP contribution is -2.38. The Labute approximate surface area is 253 Å². The van der Waals surface area contributed by atoms with Gasteiger partial charge in [-0.05, 0) is 92.0 Å². The average molecular weight is 583 g/mol. The molecule has 1 saturated heterocycles. The van der Waals surface area contributed by atoms with Gasteiger partial charge >= 0.3 is 0 Å². The Kier molecular flexibility index (Phi) is 9.22. The first-order chi connectivity index (χ1) is 20.3. The molecule has 1 aliphatic rings. The molecule has 0 unspecified atom stereocenters. The van der Waals surface area contributed by atoms with E-state index < -0.39 is 0 Å². The number of aryl methyl sites for hydroxylation is 2. The second-order valence-corrected chi connectivity index (χ2v) is 11.9. The van der Waals surface area contributed by atoms with E-state index >= 15 is 0 Å². The van der Waals surface area contributed by atoms with Crippen molar-refractivity contribution >= 4 is 17.5 Å². The van der Waals surface area contributed by atoms with Crippen molar-refractivity contribution in [2.75, 3.05) is 13.1 Å². The Morgan fingerprint density at radius 3 is 2.24 bits per heavy atom. The van der Waals surface area contributed by atoms with Crippen LogP contribution in [0.4, 0.5) is 0 Å². The molecule has 42 heavy (non-hydrogen) atoms. The Bertz CT molecular complexity index is 1610. The van der Waals surface area contributed by atoms with Crippen LogP contribution >= 0.6 is 11.6 Å². The lowest BCUT2D eigenvalue weighted by molar-refractivity contribution is 0.0722. The van der Waals surface area contributed by atoms with Crippen LogP contribution in [0.15, 0.2) is 65.6 Å². The zero-order valence-corrected chi connectivity index (χ0v) is 25.7. The second kappa shape index (κ2) is 13.0. The van der Waals surface area contributed by atoms with E-state index in [1.807, 2.05) is 21.6 Å². The van der Waals surface area contributed by atoms with E-state index in [9.17, 15) is 9.59 Å². The normalized spacial score (nSPS) is 13.5. The Morgan fingerprint density at radius 1 is 0.952 bits per heavy atom. The quantitative estimate of drug-likeness (QED) is 0.215. The van der Waals surface area contributed by atoms with Crippen LogP contribution in [-0.2, 0) is 19.3 Å². The molecule has 3 heterocycles. The van der Waals surface area contributed by atoms with Gasteiger partial charge in [0.25, 0.3) is 11.5 Å². The van der Waals surface area contributed by atoms with Gasteiger partial charge in [-0.1, -0.05) is 57.5 Å². The third kappa shape index (κ3) is 6.05. The van der Waals surface area contributed by atoms with Crippen LogP contribution in [-0.4, -0.2) is 38.4 Å². The first-order valence-electron chi connectivity index (χ1n) is 15.1. The highest BCUT2D eigenvalue weighted by Crippen LogP contribution is 2.29. The molecule has 2 aromatic carbocycles. The molecule has 7 heteroatoms. The van der Waals surface area contributed by atoms with Crippen molar-refractivity contribution in [3.63, 3.8) is 0 Å². The lowest BCUT2D eigenvalue weighted by Gasteiger charge is -2.29. The number of benzene rings is 2. The summed E-state index contributed by atoms with van der Waals surface area (Å²) in [5.74, 6) is 0.719. The van der Waals surface area contributed by atoms with E-state index in [0.29, 0.717) is 34.1 Å². The molecule has 0 spiro atoms. The Hall–Kier alpha value is -3.77. The molecular formula is C35H39ClN4O2. The third-order valence-electron chi connectivity index (χ3n) is 8.00. The summed E-state index contributed by atoms with van der Waals surface area (Å²) in [7, 11) is 0. The second-order valence-electron chi connectivity index (χ2n) is 11.4. The van der Waals surface area contributed by atoms with Gasteiger partial charge < -0.3 is 4.90 Å². The van der Waals surface area contributed by atoms with Gasteiger partial charge in [-0.3, -0.25) is 14.2 Å². The minimum absolute atomic E-state index is 0.0145. The number of hydrogen-bond donors (Lipinski definition) is 0. The number of likely N-dealkylation sites (tertiary alicyclic amines) is 1. The maximum atomic E-state index is 14.7. The summed E-state index contributed by atoms with van der Waals surface area (Å²) in [6.07, 6.45) is 6.92. The Morgan fingerprint density at radius 2 is 1.62 bits per heavy atom. The molecule has 0 saturated carbocycles. The SMILES string of the molecule is CCc1cccc(CC)c1-n1c(CC(C)C)c(C(=O)N2CCCCC2)cc(-c2ccnc(-c3ccc(Cl)cc3)n2)c1=O. The van der Waals surface area contributed by atoms with Gasteiger partial charge in [0.15, 0.2) is 5.82 Å². The van der Waals surface area contributed by atoms with E-state index in [-0.39, 0.29) is 17.4 Å². The highest BCUT2D eigenvalue weighted by Gasteiger charge is 2.28. The van der Waals surface area contributed by atoms with E-state index in [1.54, 1.807) is 30.5 Å². The van der Waals surface area contributed by atoms with E-state index in [0.717, 1.165) is 73.3 Å². The van der Waals surface area contributed by atoms with Gasteiger partial charge in [-0.15, -0.1) is 0 Å². The van der Waals surface area contributed by atoms with E-state index in [4.69, 9.17) is 16.6 Å². The number of rotatable bonds is 8. The molecule has 2 aromatic heterocycles. The molecule has 1 aliphatic heterocycles. The summed E-state index contributed by atoms with van der Waals surface area (Å²) in [6.45, 7) is 9.94. The van der Waals surface area contributed by atoms with Gasteiger partial charge in [0.05, 0.1) is 22.5 Å². The summed E-state index contributed by atoms with van der Waals surface area (Å²) in [6, 6.07) is 17.1. The fourth-order valence-corrected chi connectivity index (χ4v) is 5.99. The third-order valence-corrected chi connectivity index (χ3v) is 8.25. The highest BCUT2D eigenvalue weighted by atomic mass is 35.5. The minimum atomic E-state index is -0.169. The first kappa shape index (κ1) is 29.7. The Balaban J connectivity index is 1.82. The van der Waals surface area contributed by atoms with Crippen LogP contribution in [0.1, 0.15) is 74.1 Å². The number of piperidine rings is 1. The number of aromatic nitrogens is 3. The average Bonchev–Trinajstić information content (AvgIpc) is 3.01. The van der Waals surface area contributed by atoms with E-state index in [2.05, 4.69) is 50.9 Å². The fraction of sp³-hybridized carbons (Fsp3) is 0.371. The molecule has 0 N–H and O–H groups in total. The van der Waals surface area contributed by atoms with Gasteiger partial charge in [-0.2, -0.15) is 0 Å². The molecule has 0 atom stereocenters. The van der Waals surface area contributed by atoms with Gasteiger partial charge in [0, 0.05) is 35.6 Å². The molecule has 0 bridgehead atoms. The van der Waals surface area contributed by atoms with Crippen LogP contribution in [0.5, 0.6) is 0 Å². The van der Waals surface area contributed by atoms with Crippen molar-refractivity contribution in [2.45, 2.75) is 66.2 Å². The van der Waals surface area contributed by atoms with E-state index in [1.165, 1.54) is 0 Å². The predicted octanol–water partition coefficient (Wildman–Crippen LogP) is 7.56. The van der Waals surface area contributed by atoms with Crippen molar-refractivity contribution < 1.29 is 4.79 Å². The van der Waals surface area contributed by atoms with Crippen LogP contribution in [0.25, 0.3) is 28.3 Å². The van der Waals surface area contributed by atoms with Gasteiger partial charge in [0.2, 0.25) is 0 Å². The monoisotopic (exact) mass is 582 g/mol. The topological polar surface area (TPSA) is 68.1 Å².